The number of carbonyl (C=O) groups excluding carboxylic acids is 1. The van der Waals surface area contributed by atoms with E-state index < -0.39 is 0 Å². The van der Waals surface area contributed by atoms with Crippen LogP contribution in [0.3, 0.4) is 0 Å². The Kier molecular flexibility index (Phi) is 4.76. The second kappa shape index (κ2) is 6.00. The third kappa shape index (κ3) is 3.72. The highest BCUT2D eigenvalue weighted by Crippen LogP contribution is 2.07. The zero-order valence-electron chi connectivity index (χ0n) is 7.59. The van der Waals surface area contributed by atoms with Gasteiger partial charge in [-0.1, -0.05) is 0 Å². The summed E-state index contributed by atoms with van der Waals surface area (Å²) in [6.45, 7) is 4.60. The fourth-order valence-corrected chi connectivity index (χ4v) is 1.63. The van der Waals surface area contributed by atoms with Gasteiger partial charge in [0.15, 0.2) is 0 Å². The number of likely N-dealkylation sites (tertiary alicyclic amines) is 1. The topological polar surface area (TPSA) is 32.3 Å². The molecular formula is C9H18N2O. The van der Waals surface area contributed by atoms with Gasteiger partial charge in [0, 0.05) is 6.54 Å². The molecule has 1 aliphatic heterocycles. The van der Waals surface area contributed by atoms with Crippen LogP contribution in [0.15, 0.2) is 0 Å². The van der Waals surface area contributed by atoms with Gasteiger partial charge in [-0.05, 0) is 45.3 Å². The highest BCUT2D eigenvalue weighted by molar-refractivity contribution is 5.45. The first-order valence-corrected chi connectivity index (χ1v) is 4.83. The number of rotatable bonds is 6. The maximum Gasteiger partial charge on any atom is 0.207 e. The summed E-state index contributed by atoms with van der Waals surface area (Å²) < 4.78 is 0. The summed E-state index contributed by atoms with van der Waals surface area (Å²) in [6.07, 6.45) is 5.82. The van der Waals surface area contributed by atoms with E-state index in [1.165, 1.54) is 38.9 Å². The molecule has 0 aliphatic carbocycles. The molecule has 3 nitrogen and oxygen atoms in total. The second-order valence-electron chi connectivity index (χ2n) is 3.33. The Morgan fingerprint density at radius 3 is 2.67 bits per heavy atom. The van der Waals surface area contributed by atoms with Crippen molar-refractivity contribution < 1.29 is 4.79 Å². The lowest BCUT2D eigenvalue weighted by Gasteiger charge is -2.13. The molecule has 0 atom stereocenters. The van der Waals surface area contributed by atoms with E-state index in [9.17, 15) is 4.79 Å². The Hall–Kier alpha value is -0.570. The number of nitrogens with one attached hydrogen (secondary N) is 1. The van der Waals surface area contributed by atoms with E-state index >= 15 is 0 Å². The Labute approximate surface area is 74.1 Å². The molecular weight excluding hydrogens is 152 g/mol. The second-order valence-corrected chi connectivity index (χ2v) is 3.33. The number of nitrogens with zero attached hydrogens (tertiary/aromatic N) is 1. The van der Waals surface area contributed by atoms with Crippen LogP contribution in [0, 0.1) is 0 Å². The van der Waals surface area contributed by atoms with Crippen molar-refractivity contribution in [3.63, 3.8) is 0 Å². The maximum atomic E-state index is 9.90. The molecule has 1 heterocycles. The van der Waals surface area contributed by atoms with Crippen LogP contribution in [0.1, 0.15) is 25.7 Å². The Balaban J connectivity index is 1.84. The van der Waals surface area contributed by atoms with Crippen molar-refractivity contribution in [2.75, 3.05) is 26.2 Å². The lowest BCUT2D eigenvalue weighted by atomic mass is 10.3. The molecule has 70 valence electrons. The van der Waals surface area contributed by atoms with Gasteiger partial charge in [0.1, 0.15) is 0 Å². The lowest BCUT2D eigenvalue weighted by Crippen LogP contribution is -2.21. The maximum absolute atomic E-state index is 9.90. The summed E-state index contributed by atoms with van der Waals surface area (Å²) >= 11 is 0. The van der Waals surface area contributed by atoms with Gasteiger partial charge in [-0.15, -0.1) is 0 Å². The molecule has 12 heavy (non-hydrogen) atoms. The normalized spacial score (nSPS) is 18.0. The van der Waals surface area contributed by atoms with Crippen LogP contribution in [0.5, 0.6) is 0 Å². The van der Waals surface area contributed by atoms with Gasteiger partial charge in [0.05, 0.1) is 0 Å². The number of carbonyl (C=O) groups is 1. The quantitative estimate of drug-likeness (QED) is 0.468. The molecule has 3 heteroatoms. The highest BCUT2D eigenvalue weighted by Gasteiger charge is 2.09. The van der Waals surface area contributed by atoms with Crippen molar-refractivity contribution in [1.82, 2.24) is 10.2 Å². The molecule has 1 fully saturated rings. The van der Waals surface area contributed by atoms with E-state index in [1.54, 1.807) is 0 Å². The van der Waals surface area contributed by atoms with Gasteiger partial charge in [-0.3, -0.25) is 4.79 Å². The van der Waals surface area contributed by atoms with E-state index in [4.69, 9.17) is 0 Å². The van der Waals surface area contributed by atoms with Crippen LogP contribution in [-0.4, -0.2) is 37.5 Å². The van der Waals surface area contributed by atoms with Crippen molar-refractivity contribution in [3.8, 4) is 0 Å². The monoisotopic (exact) mass is 170 g/mol. The minimum Gasteiger partial charge on any atom is -0.359 e. The largest absolute Gasteiger partial charge is 0.359 e. The van der Waals surface area contributed by atoms with Crippen molar-refractivity contribution in [2.45, 2.75) is 25.7 Å². The first-order valence-electron chi connectivity index (χ1n) is 4.83. The standard InChI is InChI=1S/C9H18N2O/c12-9-10-5-1-2-6-11-7-3-4-8-11/h9H,1-8H2,(H,10,12). The highest BCUT2D eigenvalue weighted by atomic mass is 16.1. The van der Waals surface area contributed by atoms with Crippen molar-refractivity contribution >= 4 is 6.41 Å². The summed E-state index contributed by atoms with van der Waals surface area (Å²) in [4.78, 5) is 12.4. The van der Waals surface area contributed by atoms with Crippen molar-refractivity contribution in [1.29, 1.82) is 0 Å². The van der Waals surface area contributed by atoms with Crippen molar-refractivity contribution in [3.05, 3.63) is 0 Å². The van der Waals surface area contributed by atoms with Gasteiger partial charge < -0.3 is 10.2 Å². The third-order valence-electron chi connectivity index (χ3n) is 2.33. The van der Waals surface area contributed by atoms with Gasteiger partial charge in [0.25, 0.3) is 0 Å². The van der Waals surface area contributed by atoms with Crippen LogP contribution >= 0.6 is 0 Å². The predicted octanol–water partition coefficient (Wildman–Crippen LogP) is 0.608. The van der Waals surface area contributed by atoms with Crippen molar-refractivity contribution in [2.24, 2.45) is 0 Å². The zero-order chi connectivity index (χ0) is 8.65. The summed E-state index contributed by atoms with van der Waals surface area (Å²) in [5, 5.41) is 2.67. The van der Waals surface area contributed by atoms with E-state index in [0.29, 0.717) is 0 Å². The van der Waals surface area contributed by atoms with Crippen LogP contribution in [-0.2, 0) is 4.79 Å². The van der Waals surface area contributed by atoms with Gasteiger partial charge in [0.2, 0.25) is 6.41 Å². The molecule has 1 amide bonds. The summed E-state index contributed by atoms with van der Waals surface area (Å²) in [5.41, 5.74) is 0. The van der Waals surface area contributed by atoms with E-state index in [2.05, 4.69) is 10.2 Å². The van der Waals surface area contributed by atoms with E-state index in [0.717, 1.165) is 19.4 Å². The summed E-state index contributed by atoms with van der Waals surface area (Å²) in [6, 6.07) is 0. The minimum atomic E-state index is 0.774. The molecule has 0 aromatic carbocycles. The zero-order valence-corrected chi connectivity index (χ0v) is 7.59. The molecule has 0 unspecified atom stereocenters. The Morgan fingerprint density at radius 1 is 1.25 bits per heavy atom. The van der Waals surface area contributed by atoms with E-state index in [-0.39, 0.29) is 0 Å². The third-order valence-corrected chi connectivity index (χ3v) is 2.33. The van der Waals surface area contributed by atoms with Crippen LogP contribution in [0.25, 0.3) is 0 Å². The van der Waals surface area contributed by atoms with Crippen LogP contribution < -0.4 is 5.32 Å². The first kappa shape index (κ1) is 9.52. The molecule has 1 rings (SSSR count). The molecule has 0 radical (unpaired) electrons. The summed E-state index contributed by atoms with van der Waals surface area (Å²) in [5.74, 6) is 0. The molecule has 0 aromatic rings. The predicted molar refractivity (Wildman–Crippen MR) is 49.0 cm³/mol. The average Bonchev–Trinajstić information content (AvgIpc) is 2.57. The number of unbranched alkanes of at least 4 members (excludes halogenated alkanes) is 1. The van der Waals surface area contributed by atoms with Crippen LogP contribution in [0.2, 0.25) is 0 Å². The first-order chi connectivity index (χ1) is 5.93. The number of hydrogen-bond acceptors (Lipinski definition) is 2. The number of hydrogen-bond donors (Lipinski definition) is 1. The molecule has 1 aliphatic rings. The molecule has 1 saturated heterocycles. The van der Waals surface area contributed by atoms with Gasteiger partial charge >= 0.3 is 0 Å². The van der Waals surface area contributed by atoms with E-state index in [1.807, 2.05) is 0 Å². The summed E-state index contributed by atoms with van der Waals surface area (Å²) in [7, 11) is 0. The molecule has 1 N–H and O–H groups in total. The Bertz CT molecular complexity index is 122. The molecule has 0 bridgehead atoms. The molecule has 0 aromatic heterocycles. The fraction of sp³-hybridized carbons (Fsp3) is 0.889. The van der Waals surface area contributed by atoms with Gasteiger partial charge in [-0.2, -0.15) is 0 Å². The lowest BCUT2D eigenvalue weighted by molar-refractivity contribution is -0.109. The minimum absolute atomic E-state index is 0.774. The smallest absolute Gasteiger partial charge is 0.207 e. The molecule has 0 saturated carbocycles. The Morgan fingerprint density at radius 2 is 2.00 bits per heavy atom. The average molecular weight is 170 g/mol. The fourth-order valence-electron chi connectivity index (χ4n) is 1.63. The number of amides is 1. The SMILES string of the molecule is O=CNCCCCN1CCCC1. The van der Waals surface area contributed by atoms with Gasteiger partial charge in [-0.25, -0.2) is 0 Å². The molecule has 0 spiro atoms. The van der Waals surface area contributed by atoms with Crippen LogP contribution in [0.4, 0.5) is 0 Å².